The average molecular weight is 266 g/mol. The minimum absolute atomic E-state index is 0.369. The topological polar surface area (TPSA) is 32.3 Å². The molecule has 0 aromatic rings. The molecule has 1 N–H and O–H groups in total. The Hall–Kier alpha value is -0.570. The molecule has 3 nitrogen and oxygen atoms in total. The number of piperidine rings is 1. The maximum absolute atomic E-state index is 12.4. The Bertz CT molecular complexity index is 278. The number of amides is 1. The first-order chi connectivity index (χ1) is 9.20. The van der Waals surface area contributed by atoms with E-state index in [4.69, 9.17) is 0 Å². The van der Waals surface area contributed by atoms with Gasteiger partial charge in [0, 0.05) is 19.5 Å². The van der Waals surface area contributed by atoms with Crippen molar-refractivity contribution < 1.29 is 4.79 Å². The lowest BCUT2D eigenvalue weighted by molar-refractivity contribution is -0.133. The molecule has 1 saturated heterocycles. The molecule has 0 radical (unpaired) electrons. The number of carbonyl (C=O) groups excluding carboxylic acids is 1. The Morgan fingerprint density at radius 1 is 1.16 bits per heavy atom. The van der Waals surface area contributed by atoms with E-state index in [1.54, 1.807) is 0 Å². The van der Waals surface area contributed by atoms with E-state index in [1.807, 2.05) is 7.05 Å². The maximum Gasteiger partial charge on any atom is 0.222 e. The Morgan fingerprint density at radius 2 is 1.89 bits per heavy atom. The van der Waals surface area contributed by atoms with Gasteiger partial charge in [-0.3, -0.25) is 4.79 Å². The van der Waals surface area contributed by atoms with E-state index in [0.717, 1.165) is 25.4 Å². The smallest absolute Gasteiger partial charge is 0.222 e. The summed E-state index contributed by atoms with van der Waals surface area (Å²) in [6.07, 6.45) is 9.54. The molecule has 0 bridgehead atoms. The average Bonchev–Trinajstić information content (AvgIpc) is 2.47. The second-order valence-electron chi connectivity index (χ2n) is 6.50. The van der Waals surface area contributed by atoms with Gasteiger partial charge in [-0.2, -0.15) is 0 Å². The van der Waals surface area contributed by atoms with Crippen LogP contribution in [-0.2, 0) is 4.79 Å². The van der Waals surface area contributed by atoms with Crippen LogP contribution in [0.5, 0.6) is 0 Å². The first-order valence-corrected chi connectivity index (χ1v) is 8.17. The summed E-state index contributed by atoms with van der Waals surface area (Å²) in [5.41, 5.74) is 0. The van der Waals surface area contributed by atoms with Gasteiger partial charge in [0.1, 0.15) is 0 Å². The van der Waals surface area contributed by atoms with Crippen LogP contribution in [-0.4, -0.2) is 37.0 Å². The highest BCUT2D eigenvalue weighted by Gasteiger charge is 2.27. The number of hydrogen-bond donors (Lipinski definition) is 1. The van der Waals surface area contributed by atoms with E-state index in [0.29, 0.717) is 17.9 Å². The van der Waals surface area contributed by atoms with Crippen LogP contribution in [0.15, 0.2) is 0 Å². The molecule has 3 heteroatoms. The zero-order valence-electron chi connectivity index (χ0n) is 12.7. The van der Waals surface area contributed by atoms with Gasteiger partial charge in [0.25, 0.3) is 0 Å². The van der Waals surface area contributed by atoms with Gasteiger partial charge >= 0.3 is 0 Å². The SMILES string of the molecule is CCC1CCC(N(C)C(=O)CC2CCCNC2)CC1. The first kappa shape index (κ1) is 14.8. The van der Waals surface area contributed by atoms with Gasteiger partial charge in [-0.05, 0) is 63.5 Å². The van der Waals surface area contributed by atoms with Gasteiger partial charge < -0.3 is 10.2 Å². The molecular weight excluding hydrogens is 236 g/mol. The molecular formula is C16H30N2O. The summed E-state index contributed by atoms with van der Waals surface area (Å²) in [6, 6.07) is 0.506. The van der Waals surface area contributed by atoms with E-state index < -0.39 is 0 Å². The van der Waals surface area contributed by atoms with Crippen molar-refractivity contribution in [3.05, 3.63) is 0 Å². The van der Waals surface area contributed by atoms with Crippen LogP contribution in [0.4, 0.5) is 0 Å². The molecule has 0 aromatic carbocycles. The molecule has 2 fully saturated rings. The molecule has 1 unspecified atom stereocenters. The molecule has 2 rings (SSSR count). The molecule has 2 aliphatic rings. The quantitative estimate of drug-likeness (QED) is 0.848. The van der Waals surface area contributed by atoms with Crippen LogP contribution in [0, 0.1) is 11.8 Å². The third-order valence-electron chi connectivity index (χ3n) is 5.20. The van der Waals surface area contributed by atoms with E-state index in [-0.39, 0.29) is 0 Å². The summed E-state index contributed by atoms with van der Waals surface area (Å²) in [5.74, 6) is 1.84. The highest BCUT2D eigenvalue weighted by Crippen LogP contribution is 2.29. The second-order valence-corrected chi connectivity index (χ2v) is 6.50. The summed E-state index contributed by atoms with van der Waals surface area (Å²) < 4.78 is 0. The lowest BCUT2D eigenvalue weighted by atomic mass is 9.84. The Morgan fingerprint density at radius 3 is 2.47 bits per heavy atom. The van der Waals surface area contributed by atoms with E-state index in [9.17, 15) is 4.79 Å². The highest BCUT2D eigenvalue weighted by atomic mass is 16.2. The maximum atomic E-state index is 12.4. The summed E-state index contributed by atoms with van der Waals surface area (Å²) in [4.78, 5) is 14.4. The Kier molecular flexibility index (Phi) is 5.68. The zero-order valence-corrected chi connectivity index (χ0v) is 12.7. The first-order valence-electron chi connectivity index (χ1n) is 8.17. The van der Waals surface area contributed by atoms with Crippen molar-refractivity contribution in [3.8, 4) is 0 Å². The molecule has 1 amide bonds. The van der Waals surface area contributed by atoms with Crippen molar-refractivity contribution >= 4 is 5.91 Å². The monoisotopic (exact) mass is 266 g/mol. The summed E-state index contributed by atoms with van der Waals surface area (Å²) in [6.45, 7) is 4.44. The lowest BCUT2D eigenvalue weighted by Crippen LogP contribution is -2.41. The molecule has 110 valence electrons. The number of nitrogens with zero attached hydrogens (tertiary/aromatic N) is 1. The molecule has 1 aliphatic heterocycles. The van der Waals surface area contributed by atoms with E-state index in [2.05, 4.69) is 17.1 Å². The fraction of sp³-hybridized carbons (Fsp3) is 0.938. The van der Waals surface area contributed by atoms with E-state index >= 15 is 0 Å². The Labute approximate surface area is 118 Å². The normalized spacial score (nSPS) is 32.0. The third kappa shape index (κ3) is 4.20. The highest BCUT2D eigenvalue weighted by molar-refractivity contribution is 5.76. The predicted molar refractivity (Wildman–Crippen MR) is 79.0 cm³/mol. The number of nitrogens with one attached hydrogen (secondary N) is 1. The lowest BCUT2D eigenvalue weighted by Gasteiger charge is -2.35. The standard InChI is InChI=1S/C16H30N2O/c1-3-13-6-8-15(9-7-13)18(2)16(19)11-14-5-4-10-17-12-14/h13-15,17H,3-12H2,1-2H3. The van der Waals surface area contributed by atoms with Gasteiger partial charge in [0.15, 0.2) is 0 Å². The minimum atomic E-state index is 0.369. The molecule has 0 aromatic heterocycles. The van der Waals surface area contributed by atoms with Gasteiger partial charge in [0.2, 0.25) is 5.91 Å². The van der Waals surface area contributed by atoms with Crippen LogP contribution in [0.3, 0.4) is 0 Å². The minimum Gasteiger partial charge on any atom is -0.343 e. The van der Waals surface area contributed by atoms with Crippen molar-refractivity contribution in [2.75, 3.05) is 20.1 Å². The van der Waals surface area contributed by atoms with Crippen LogP contribution < -0.4 is 5.32 Å². The molecule has 1 saturated carbocycles. The number of rotatable bonds is 4. The van der Waals surface area contributed by atoms with Gasteiger partial charge in [-0.15, -0.1) is 0 Å². The summed E-state index contributed by atoms with van der Waals surface area (Å²) >= 11 is 0. The largest absolute Gasteiger partial charge is 0.343 e. The second kappa shape index (κ2) is 7.28. The van der Waals surface area contributed by atoms with Crippen LogP contribution in [0.2, 0.25) is 0 Å². The Balaban J connectivity index is 1.75. The molecule has 0 spiro atoms. The van der Waals surface area contributed by atoms with Crippen molar-refractivity contribution in [3.63, 3.8) is 0 Å². The van der Waals surface area contributed by atoms with Crippen LogP contribution in [0.25, 0.3) is 0 Å². The van der Waals surface area contributed by atoms with Crippen LogP contribution in [0.1, 0.15) is 58.3 Å². The van der Waals surface area contributed by atoms with Gasteiger partial charge in [-0.1, -0.05) is 13.3 Å². The van der Waals surface area contributed by atoms with Crippen molar-refractivity contribution in [1.29, 1.82) is 0 Å². The van der Waals surface area contributed by atoms with Crippen molar-refractivity contribution in [2.24, 2.45) is 11.8 Å². The van der Waals surface area contributed by atoms with E-state index in [1.165, 1.54) is 44.9 Å². The molecule has 19 heavy (non-hydrogen) atoms. The third-order valence-corrected chi connectivity index (χ3v) is 5.20. The fourth-order valence-electron chi connectivity index (χ4n) is 3.63. The van der Waals surface area contributed by atoms with Crippen LogP contribution >= 0.6 is 0 Å². The van der Waals surface area contributed by atoms with Crippen molar-refractivity contribution in [2.45, 2.75) is 64.3 Å². The number of carbonyl (C=O) groups is 1. The predicted octanol–water partition coefficient (Wildman–Crippen LogP) is 2.80. The fourth-order valence-corrected chi connectivity index (χ4v) is 3.63. The number of hydrogen-bond acceptors (Lipinski definition) is 2. The van der Waals surface area contributed by atoms with Gasteiger partial charge in [0.05, 0.1) is 0 Å². The zero-order chi connectivity index (χ0) is 13.7. The molecule has 1 atom stereocenters. The molecule has 1 aliphatic carbocycles. The van der Waals surface area contributed by atoms with Crippen molar-refractivity contribution in [1.82, 2.24) is 10.2 Å². The van der Waals surface area contributed by atoms with Gasteiger partial charge in [-0.25, -0.2) is 0 Å². The molecule has 1 heterocycles. The summed E-state index contributed by atoms with van der Waals surface area (Å²) in [7, 11) is 2.02. The summed E-state index contributed by atoms with van der Waals surface area (Å²) in [5, 5.41) is 3.40.